The molecule has 21 heavy (non-hydrogen) atoms. The van der Waals surface area contributed by atoms with E-state index in [0.29, 0.717) is 12.2 Å². The number of carbonyl (C=O) groups excluding carboxylic acids is 1. The molecular weight excluding hydrogens is 283 g/mol. The van der Waals surface area contributed by atoms with Crippen molar-refractivity contribution < 1.29 is 18.0 Å². The lowest BCUT2D eigenvalue weighted by Crippen LogP contribution is -2.25. The molecule has 1 aliphatic carbocycles. The third kappa shape index (κ3) is 4.47. The van der Waals surface area contributed by atoms with Gasteiger partial charge in [0.05, 0.1) is 0 Å². The highest BCUT2D eigenvalue weighted by Gasteiger charge is 2.37. The molecule has 7 heteroatoms. The van der Waals surface area contributed by atoms with Gasteiger partial charge in [-0.3, -0.25) is 9.48 Å². The number of hydrogen-bond donors (Lipinski definition) is 1. The van der Waals surface area contributed by atoms with Gasteiger partial charge in [0.15, 0.2) is 5.69 Å². The van der Waals surface area contributed by atoms with Crippen LogP contribution in [0.4, 0.5) is 13.2 Å². The summed E-state index contributed by atoms with van der Waals surface area (Å²) in [6.07, 6.45) is -0.600. The van der Waals surface area contributed by atoms with E-state index in [-0.39, 0.29) is 24.8 Å². The first-order valence-corrected chi connectivity index (χ1v) is 7.33. The molecule has 1 saturated carbocycles. The number of amides is 1. The molecule has 0 bridgehead atoms. The van der Waals surface area contributed by atoms with Gasteiger partial charge in [0.25, 0.3) is 0 Å². The third-order valence-electron chi connectivity index (χ3n) is 3.50. The minimum atomic E-state index is -4.43. The number of aromatic nitrogens is 2. The van der Waals surface area contributed by atoms with Crippen LogP contribution < -0.4 is 5.32 Å². The van der Waals surface area contributed by atoms with Crippen LogP contribution in [0, 0.1) is 0 Å². The molecule has 0 aliphatic heterocycles. The Kier molecular flexibility index (Phi) is 4.90. The highest BCUT2D eigenvalue weighted by molar-refractivity contribution is 5.75. The molecule has 0 radical (unpaired) electrons. The Morgan fingerprint density at radius 3 is 2.76 bits per heavy atom. The van der Waals surface area contributed by atoms with Crippen molar-refractivity contribution in [3.63, 3.8) is 0 Å². The lowest BCUT2D eigenvalue weighted by molar-refractivity contribution is -0.141. The molecule has 1 amide bonds. The standard InChI is InChI=1S/C14H20F3N3O/c1-2-3-7-18-13(21)6-8-20-11(10-4-5-10)9-12(19-20)14(15,16)17/h9-10H,2-8H2,1H3,(H,18,21). The average Bonchev–Trinajstić information content (AvgIpc) is 3.15. The molecule has 1 aromatic rings. The van der Waals surface area contributed by atoms with Crippen LogP contribution in [0.15, 0.2) is 6.07 Å². The summed E-state index contributed by atoms with van der Waals surface area (Å²) in [6.45, 7) is 2.83. The SMILES string of the molecule is CCCCNC(=O)CCn1nc(C(F)(F)F)cc1C1CC1. The van der Waals surface area contributed by atoms with E-state index in [0.717, 1.165) is 31.7 Å². The van der Waals surface area contributed by atoms with Crippen molar-refractivity contribution in [3.05, 3.63) is 17.5 Å². The number of alkyl halides is 3. The van der Waals surface area contributed by atoms with E-state index < -0.39 is 11.9 Å². The summed E-state index contributed by atoms with van der Waals surface area (Å²) in [6, 6.07) is 1.12. The minimum absolute atomic E-state index is 0.144. The predicted molar refractivity (Wildman–Crippen MR) is 71.7 cm³/mol. The molecule has 2 rings (SSSR count). The monoisotopic (exact) mass is 303 g/mol. The van der Waals surface area contributed by atoms with Gasteiger partial charge < -0.3 is 5.32 Å². The maximum atomic E-state index is 12.7. The molecule has 1 aromatic heterocycles. The Morgan fingerprint density at radius 1 is 1.48 bits per heavy atom. The second kappa shape index (κ2) is 6.49. The molecule has 0 unspecified atom stereocenters. The third-order valence-corrected chi connectivity index (χ3v) is 3.50. The Bertz CT molecular complexity index is 492. The number of hydrogen-bond acceptors (Lipinski definition) is 2. The zero-order chi connectivity index (χ0) is 15.5. The van der Waals surface area contributed by atoms with Crippen molar-refractivity contribution in [2.45, 2.75) is 57.7 Å². The van der Waals surface area contributed by atoms with Gasteiger partial charge in [0.1, 0.15) is 0 Å². The van der Waals surface area contributed by atoms with Gasteiger partial charge >= 0.3 is 6.18 Å². The van der Waals surface area contributed by atoms with Gasteiger partial charge in [-0.15, -0.1) is 0 Å². The fourth-order valence-electron chi connectivity index (χ4n) is 2.16. The normalized spacial score (nSPS) is 15.2. The summed E-state index contributed by atoms with van der Waals surface area (Å²) in [4.78, 5) is 11.6. The van der Waals surface area contributed by atoms with Gasteiger partial charge in [0, 0.05) is 31.1 Å². The van der Waals surface area contributed by atoms with E-state index in [9.17, 15) is 18.0 Å². The Morgan fingerprint density at radius 2 is 2.19 bits per heavy atom. The molecule has 1 N–H and O–H groups in total. The molecule has 1 fully saturated rings. The second-order valence-corrected chi connectivity index (χ2v) is 5.40. The summed E-state index contributed by atoms with van der Waals surface area (Å²) in [7, 11) is 0. The number of rotatable bonds is 7. The van der Waals surface area contributed by atoms with Gasteiger partial charge in [-0.1, -0.05) is 13.3 Å². The topological polar surface area (TPSA) is 46.9 Å². The Labute approximate surface area is 121 Å². The first kappa shape index (κ1) is 15.9. The molecule has 0 saturated heterocycles. The number of carbonyl (C=O) groups is 1. The van der Waals surface area contributed by atoms with E-state index in [2.05, 4.69) is 10.4 Å². The van der Waals surface area contributed by atoms with Crippen molar-refractivity contribution in [2.24, 2.45) is 0 Å². The van der Waals surface area contributed by atoms with E-state index in [1.165, 1.54) is 4.68 Å². The molecule has 118 valence electrons. The zero-order valence-electron chi connectivity index (χ0n) is 12.0. The summed E-state index contributed by atoms with van der Waals surface area (Å²) in [5.41, 5.74) is -0.264. The quantitative estimate of drug-likeness (QED) is 0.787. The molecule has 0 aromatic carbocycles. The van der Waals surface area contributed by atoms with E-state index in [1.807, 2.05) is 6.92 Å². The zero-order valence-corrected chi connectivity index (χ0v) is 12.0. The van der Waals surface area contributed by atoms with Gasteiger partial charge in [-0.05, 0) is 25.3 Å². The summed E-state index contributed by atoms with van der Waals surface area (Å²) >= 11 is 0. The molecule has 0 atom stereocenters. The first-order valence-electron chi connectivity index (χ1n) is 7.33. The Hall–Kier alpha value is -1.53. The predicted octanol–water partition coefficient (Wildman–Crippen LogP) is 3.09. The van der Waals surface area contributed by atoms with Crippen molar-refractivity contribution in [1.29, 1.82) is 0 Å². The van der Waals surface area contributed by atoms with Crippen molar-refractivity contribution in [3.8, 4) is 0 Å². The van der Waals surface area contributed by atoms with Crippen LogP contribution in [-0.4, -0.2) is 22.2 Å². The van der Waals surface area contributed by atoms with E-state index in [1.54, 1.807) is 0 Å². The fraction of sp³-hybridized carbons (Fsp3) is 0.714. The highest BCUT2D eigenvalue weighted by Crippen LogP contribution is 2.42. The number of nitrogens with one attached hydrogen (secondary N) is 1. The highest BCUT2D eigenvalue weighted by atomic mass is 19.4. The van der Waals surface area contributed by atoms with Crippen molar-refractivity contribution in [2.75, 3.05) is 6.54 Å². The maximum Gasteiger partial charge on any atom is 0.435 e. The van der Waals surface area contributed by atoms with Crippen LogP contribution in [0.25, 0.3) is 0 Å². The lowest BCUT2D eigenvalue weighted by atomic mass is 10.2. The van der Waals surface area contributed by atoms with Crippen molar-refractivity contribution in [1.82, 2.24) is 15.1 Å². The molecular formula is C14H20F3N3O. The van der Waals surface area contributed by atoms with Crippen LogP contribution >= 0.6 is 0 Å². The van der Waals surface area contributed by atoms with Crippen LogP contribution in [0.1, 0.15) is 56.3 Å². The number of halogens is 3. The van der Waals surface area contributed by atoms with Crippen LogP contribution in [0.5, 0.6) is 0 Å². The summed E-state index contributed by atoms with van der Waals surface area (Å²) in [5, 5.41) is 6.38. The average molecular weight is 303 g/mol. The van der Waals surface area contributed by atoms with Crippen molar-refractivity contribution >= 4 is 5.91 Å². The van der Waals surface area contributed by atoms with Gasteiger partial charge in [0.2, 0.25) is 5.91 Å². The second-order valence-electron chi connectivity index (χ2n) is 5.40. The summed E-state index contributed by atoms with van der Waals surface area (Å²) < 4.78 is 39.5. The van der Waals surface area contributed by atoms with E-state index >= 15 is 0 Å². The lowest BCUT2D eigenvalue weighted by Gasteiger charge is -2.07. The fourth-order valence-corrected chi connectivity index (χ4v) is 2.16. The Balaban J connectivity index is 1.95. The largest absolute Gasteiger partial charge is 0.435 e. The first-order chi connectivity index (χ1) is 9.91. The van der Waals surface area contributed by atoms with Crippen LogP contribution in [0.2, 0.25) is 0 Å². The van der Waals surface area contributed by atoms with Gasteiger partial charge in [-0.2, -0.15) is 18.3 Å². The van der Waals surface area contributed by atoms with Gasteiger partial charge in [-0.25, -0.2) is 0 Å². The molecule has 4 nitrogen and oxygen atoms in total. The number of aryl methyl sites for hydroxylation is 1. The molecule has 1 heterocycles. The molecule has 0 spiro atoms. The van der Waals surface area contributed by atoms with E-state index in [4.69, 9.17) is 0 Å². The number of nitrogens with zero attached hydrogens (tertiary/aromatic N) is 2. The number of unbranched alkanes of at least 4 members (excludes halogenated alkanes) is 1. The van der Waals surface area contributed by atoms with Crippen LogP contribution in [-0.2, 0) is 17.5 Å². The minimum Gasteiger partial charge on any atom is -0.356 e. The van der Waals surface area contributed by atoms with Crippen LogP contribution in [0.3, 0.4) is 0 Å². The maximum absolute atomic E-state index is 12.7. The summed E-state index contributed by atoms with van der Waals surface area (Å²) in [5.74, 6) is 0.0195. The molecule has 1 aliphatic rings. The smallest absolute Gasteiger partial charge is 0.356 e.